The van der Waals surface area contributed by atoms with Crippen molar-refractivity contribution in [3.63, 3.8) is 0 Å². The van der Waals surface area contributed by atoms with E-state index in [2.05, 4.69) is 22.1 Å². The van der Waals surface area contributed by atoms with Gasteiger partial charge in [0.1, 0.15) is 0 Å². The molecule has 0 fully saturated rings. The number of nitrogens with one attached hydrogen (secondary N) is 1. The molecule has 0 bridgehead atoms. The predicted octanol–water partition coefficient (Wildman–Crippen LogP) is 1.21. The van der Waals surface area contributed by atoms with Crippen molar-refractivity contribution in [2.75, 3.05) is 25.1 Å². The number of hydrogen-bond donors (Lipinski definition) is 2. The Labute approximate surface area is 111 Å². The number of ether oxygens (including phenoxy) is 1. The third-order valence-electron chi connectivity index (χ3n) is 1.96. The normalized spacial score (nSPS) is 9.67. The number of carbonyl (C=O) groups is 1. The van der Waals surface area contributed by atoms with Crippen LogP contribution in [0.5, 0.6) is 0 Å². The van der Waals surface area contributed by atoms with Gasteiger partial charge in [0.05, 0.1) is 17.6 Å². The molecule has 1 aromatic heterocycles. The second kappa shape index (κ2) is 8.64. The second-order valence-corrected chi connectivity index (χ2v) is 4.41. The number of anilines is 1. The van der Waals surface area contributed by atoms with Crippen LogP contribution in [-0.4, -0.2) is 30.6 Å². The Bertz CT molecular complexity index is 434. The molecule has 1 rings (SSSR count). The molecule has 0 spiro atoms. The van der Waals surface area contributed by atoms with Crippen LogP contribution in [0.4, 0.5) is 5.13 Å². The summed E-state index contributed by atoms with van der Waals surface area (Å²) in [4.78, 5) is 16.4. The van der Waals surface area contributed by atoms with Crippen LogP contribution in [0.15, 0.2) is 6.20 Å². The number of aromatic nitrogens is 1. The molecule has 3 N–H and O–H groups in total. The fraction of sp³-hybridized carbons (Fsp3) is 0.500. The average Bonchev–Trinajstić information content (AvgIpc) is 2.80. The maximum atomic E-state index is 11.5. The van der Waals surface area contributed by atoms with Crippen LogP contribution in [0.2, 0.25) is 0 Å². The van der Waals surface area contributed by atoms with Gasteiger partial charge < -0.3 is 15.8 Å². The molecule has 0 saturated carbocycles. The van der Waals surface area contributed by atoms with Gasteiger partial charge in [-0.25, -0.2) is 4.98 Å². The Kier molecular flexibility index (Phi) is 7.03. The molecule has 1 aromatic rings. The third-order valence-corrected chi connectivity index (χ3v) is 2.79. The van der Waals surface area contributed by atoms with Crippen molar-refractivity contribution in [3.8, 4) is 11.8 Å². The van der Waals surface area contributed by atoms with Crippen molar-refractivity contribution >= 4 is 22.4 Å². The number of amides is 1. The largest absolute Gasteiger partial charge is 0.382 e. The van der Waals surface area contributed by atoms with Gasteiger partial charge in [-0.05, 0) is 13.3 Å². The summed E-state index contributed by atoms with van der Waals surface area (Å²) in [5.41, 5.74) is 5.27. The SMILES string of the molecule is CCOCCCC(=O)Nc1ncc(C#CCN)s1. The summed E-state index contributed by atoms with van der Waals surface area (Å²) < 4.78 is 5.16. The van der Waals surface area contributed by atoms with E-state index < -0.39 is 0 Å². The molecule has 0 atom stereocenters. The van der Waals surface area contributed by atoms with Crippen LogP contribution in [-0.2, 0) is 9.53 Å². The van der Waals surface area contributed by atoms with Crippen molar-refractivity contribution in [2.45, 2.75) is 19.8 Å². The van der Waals surface area contributed by atoms with Crippen LogP contribution in [0.25, 0.3) is 0 Å². The Morgan fingerprint density at radius 1 is 1.67 bits per heavy atom. The lowest BCUT2D eigenvalue weighted by Crippen LogP contribution is -2.11. The number of rotatable bonds is 6. The molecule has 0 saturated heterocycles. The molecule has 0 aliphatic rings. The van der Waals surface area contributed by atoms with E-state index in [-0.39, 0.29) is 5.91 Å². The summed E-state index contributed by atoms with van der Waals surface area (Å²) in [7, 11) is 0. The first-order chi connectivity index (χ1) is 8.76. The highest BCUT2D eigenvalue weighted by molar-refractivity contribution is 7.16. The summed E-state index contributed by atoms with van der Waals surface area (Å²) in [5.74, 6) is 5.55. The van der Waals surface area contributed by atoms with Crippen LogP contribution in [0, 0.1) is 11.8 Å². The number of thiazole rings is 1. The summed E-state index contributed by atoms with van der Waals surface area (Å²) in [5, 5.41) is 3.30. The zero-order chi connectivity index (χ0) is 13.2. The van der Waals surface area contributed by atoms with Crippen molar-refractivity contribution in [3.05, 3.63) is 11.1 Å². The van der Waals surface area contributed by atoms with Crippen molar-refractivity contribution in [2.24, 2.45) is 5.73 Å². The van der Waals surface area contributed by atoms with Crippen LogP contribution in [0.1, 0.15) is 24.6 Å². The highest BCUT2D eigenvalue weighted by Gasteiger charge is 2.05. The third kappa shape index (κ3) is 5.77. The average molecular weight is 267 g/mol. The zero-order valence-corrected chi connectivity index (χ0v) is 11.2. The van der Waals surface area contributed by atoms with Crippen LogP contribution < -0.4 is 11.1 Å². The van der Waals surface area contributed by atoms with Gasteiger partial charge >= 0.3 is 0 Å². The number of nitrogens with two attached hydrogens (primary N) is 1. The Morgan fingerprint density at radius 3 is 3.22 bits per heavy atom. The number of carbonyl (C=O) groups excluding carboxylic acids is 1. The summed E-state index contributed by atoms with van der Waals surface area (Å²) in [6.07, 6.45) is 2.78. The van der Waals surface area contributed by atoms with E-state index in [1.54, 1.807) is 6.20 Å². The Balaban J connectivity index is 2.33. The lowest BCUT2D eigenvalue weighted by molar-refractivity contribution is -0.116. The van der Waals surface area contributed by atoms with E-state index in [1.807, 2.05) is 6.92 Å². The molecule has 5 nitrogen and oxygen atoms in total. The lowest BCUT2D eigenvalue weighted by Gasteiger charge is -2.01. The van der Waals surface area contributed by atoms with E-state index in [1.165, 1.54) is 11.3 Å². The minimum absolute atomic E-state index is 0.0533. The fourth-order valence-corrected chi connectivity index (χ4v) is 1.90. The van der Waals surface area contributed by atoms with Gasteiger partial charge in [-0.3, -0.25) is 4.79 Å². The van der Waals surface area contributed by atoms with Crippen molar-refractivity contribution in [1.29, 1.82) is 0 Å². The standard InChI is InChI=1S/C12H17N3O2S/c1-2-17-8-4-6-11(16)15-12-14-9-10(18-12)5-3-7-13/h9H,2,4,6-8,13H2,1H3,(H,14,15,16). The minimum atomic E-state index is -0.0533. The Morgan fingerprint density at radius 2 is 2.50 bits per heavy atom. The maximum Gasteiger partial charge on any atom is 0.226 e. The molecule has 0 radical (unpaired) electrons. The van der Waals surface area contributed by atoms with Crippen molar-refractivity contribution in [1.82, 2.24) is 4.98 Å². The van der Waals surface area contributed by atoms with E-state index in [4.69, 9.17) is 10.5 Å². The molecule has 6 heteroatoms. The molecule has 1 heterocycles. The van der Waals surface area contributed by atoms with Gasteiger partial charge in [0, 0.05) is 19.6 Å². The van der Waals surface area contributed by atoms with E-state index in [0.717, 1.165) is 4.88 Å². The molecule has 1 amide bonds. The van der Waals surface area contributed by atoms with Gasteiger partial charge in [0.15, 0.2) is 5.13 Å². The lowest BCUT2D eigenvalue weighted by atomic mass is 10.3. The first-order valence-corrected chi connectivity index (χ1v) is 6.60. The van der Waals surface area contributed by atoms with E-state index in [9.17, 15) is 4.79 Å². The minimum Gasteiger partial charge on any atom is -0.382 e. The first-order valence-electron chi connectivity index (χ1n) is 5.78. The quantitative estimate of drug-likeness (QED) is 0.600. The van der Waals surface area contributed by atoms with Gasteiger partial charge in [0.2, 0.25) is 5.91 Å². The monoisotopic (exact) mass is 267 g/mol. The first kappa shape index (κ1) is 14.6. The summed E-state index contributed by atoms with van der Waals surface area (Å²) in [6.45, 7) is 3.53. The molecule has 0 aliphatic heterocycles. The Hall–Kier alpha value is -1.42. The fourth-order valence-electron chi connectivity index (χ4n) is 1.19. The van der Waals surface area contributed by atoms with E-state index >= 15 is 0 Å². The van der Waals surface area contributed by atoms with Crippen molar-refractivity contribution < 1.29 is 9.53 Å². The second-order valence-electron chi connectivity index (χ2n) is 3.38. The van der Waals surface area contributed by atoms with Crippen LogP contribution >= 0.6 is 11.3 Å². The molecule has 0 aromatic carbocycles. The maximum absolute atomic E-state index is 11.5. The smallest absolute Gasteiger partial charge is 0.226 e. The summed E-state index contributed by atoms with van der Waals surface area (Å²) in [6, 6.07) is 0. The molecule has 18 heavy (non-hydrogen) atoms. The highest BCUT2D eigenvalue weighted by atomic mass is 32.1. The van der Waals surface area contributed by atoms with Gasteiger partial charge in [0.25, 0.3) is 0 Å². The van der Waals surface area contributed by atoms with Gasteiger partial charge in [-0.15, -0.1) is 0 Å². The zero-order valence-electron chi connectivity index (χ0n) is 10.4. The van der Waals surface area contributed by atoms with Gasteiger partial charge in [-0.1, -0.05) is 23.2 Å². The predicted molar refractivity (Wildman–Crippen MR) is 72.4 cm³/mol. The topological polar surface area (TPSA) is 77.2 Å². The van der Waals surface area contributed by atoms with Gasteiger partial charge in [-0.2, -0.15) is 0 Å². The molecule has 98 valence electrons. The number of hydrogen-bond acceptors (Lipinski definition) is 5. The molecule has 0 aliphatic carbocycles. The summed E-state index contributed by atoms with van der Waals surface area (Å²) >= 11 is 1.34. The van der Waals surface area contributed by atoms with E-state index in [0.29, 0.717) is 37.7 Å². The number of nitrogens with zero attached hydrogens (tertiary/aromatic N) is 1. The molecular weight excluding hydrogens is 250 g/mol. The molecule has 0 unspecified atom stereocenters. The van der Waals surface area contributed by atoms with Crippen LogP contribution in [0.3, 0.4) is 0 Å². The molecular formula is C12H17N3O2S. The highest BCUT2D eigenvalue weighted by Crippen LogP contribution is 2.17.